The van der Waals surface area contributed by atoms with Gasteiger partial charge in [-0.15, -0.1) is 11.8 Å². The van der Waals surface area contributed by atoms with Crippen LogP contribution in [-0.4, -0.2) is 0 Å². The molecule has 0 nitrogen and oxygen atoms in total. The van der Waals surface area contributed by atoms with Crippen molar-refractivity contribution >= 4 is 0 Å². The molecule has 2 fully saturated rings. The van der Waals surface area contributed by atoms with Gasteiger partial charge < -0.3 is 0 Å². The topological polar surface area (TPSA) is 0 Å². The summed E-state index contributed by atoms with van der Waals surface area (Å²) in [5.41, 5.74) is 1.14. The molecule has 0 atom stereocenters. The fourth-order valence-electron chi connectivity index (χ4n) is 5.42. The maximum absolute atomic E-state index is 14.6. The average Bonchev–Trinajstić information content (AvgIpc) is 2.72. The van der Waals surface area contributed by atoms with Crippen LogP contribution < -0.4 is 0 Å². The molecule has 0 saturated heterocycles. The SMILES string of the molecule is CC#C[C@H]1CC[C@H](CCC2CCC(c3ccc(CCC)c(F)c3F)CC2)CC1. The molecule has 0 aliphatic heterocycles. The molecule has 0 N–H and O–H groups in total. The van der Waals surface area contributed by atoms with E-state index in [9.17, 15) is 8.78 Å². The van der Waals surface area contributed by atoms with Crippen molar-refractivity contribution in [2.24, 2.45) is 17.8 Å². The average molecular weight is 387 g/mol. The molecule has 0 unspecified atom stereocenters. The van der Waals surface area contributed by atoms with Gasteiger partial charge in [-0.2, -0.15) is 0 Å². The summed E-state index contributed by atoms with van der Waals surface area (Å²) >= 11 is 0. The number of rotatable bonds is 6. The van der Waals surface area contributed by atoms with E-state index in [1.54, 1.807) is 0 Å². The number of benzene rings is 1. The summed E-state index contributed by atoms with van der Waals surface area (Å²) in [7, 11) is 0. The van der Waals surface area contributed by atoms with E-state index in [1.165, 1.54) is 51.4 Å². The molecule has 0 bridgehead atoms. The lowest BCUT2D eigenvalue weighted by Gasteiger charge is -2.31. The zero-order chi connectivity index (χ0) is 19.9. The van der Waals surface area contributed by atoms with Gasteiger partial charge in [-0.05, 0) is 93.6 Å². The van der Waals surface area contributed by atoms with Crippen molar-refractivity contribution in [3.8, 4) is 11.8 Å². The van der Waals surface area contributed by atoms with Crippen molar-refractivity contribution in [2.45, 2.75) is 96.8 Å². The lowest BCUT2D eigenvalue weighted by Crippen LogP contribution is -2.18. The Hall–Kier alpha value is -1.36. The van der Waals surface area contributed by atoms with Crippen LogP contribution in [0.5, 0.6) is 0 Å². The Kier molecular flexibility index (Phi) is 7.95. The number of aryl methyl sites for hydroxylation is 1. The largest absolute Gasteiger partial charge is 0.203 e. The highest BCUT2D eigenvalue weighted by Crippen LogP contribution is 2.40. The molecule has 0 aromatic heterocycles. The summed E-state index contributed by atoms with van der Waals surface area (Å²) in [6.07, 6.45) is 13.7. The third-order valence-electron chi connectivity index (χ3n) is 7.18. The minimum absolute atomic E-state index is 0.199. The second-order valence-corrected chi connectivity index (χ2v) is 9.10. The van der Waals surface area contributed by atoms with Crippen LogP contribution in [0.25, 0.3) is 0 Å². The Labute approximate surface area is 170 Å². The molecule has 1 aromatic rings. The molecule has 2 heteroatoms. The summed E-state index contributed by atoms with van der Waals surface area (Å²) in [6, 6.07) is 3.66. The predicted octanol–water partition coefficient (Wildman–Crippen LogP) is 7.80. The van der Waals surface area contributed by atoms with Crippen LogP contribution in [0.4, 0.5) is 8.78 Å². The van der Waals surface area contributed by atoms with Crippen molar-refractivity contribution < 1.29 is 8.78 Å². The van der Waals surface area contributed by atoms with E-state index < -0.39 is 11.6 Å². The Morgan fingerprint density at radius 1 is 0.857 bits per heavy atom. The molecule has 0 radical (unpaired) electrons. The van der Waals surface area contributed by atoms with Gasteiger partial charge in [-0.1, -0.05) is 38.3 Å². The van der Waals surface area contributed by atoms with Gasteiger partial charge >= 0.3 is 0 Å². The van der Waals surface area contributed by atoms with Gasteiger partial charge in [0.1, 0.15) is 0 Å². The standard InChI is InChI=1S/C26H36F2/c1-3-5-19-7-9-20(10-8-19)11-12-21-13-15-22(16-14-21)24-18-17-23(6-4-2)25(27)26(24)28/h17-22H,4,6-16H2,1-2H3/t19-,20-,21?,22?. The zero-order valence-electron chi connectivity index (χ0n) is 17.7. The predicted molar refractivity (Wildman–Crippen MR) is 113 cm³/mol. The second-order valence-electron chi connectivity index (χ2n) is 9.10. The number of hydrogen-bond acceptors (Lipinski definition) is 0. The fourth-order valence-corrected chi connectivity index (χ4v) is 5.42. The van der Waals surface area contributed by atoms with Crippen LogP contribution in [0.1, 0.15) is 102 Å². The highest BCUT2D eigenvalue weighted by atomic mass is 19.2. The molecule has 3 rings (SSSR count). The first-order valence-electron chi connectivity index (χ1n) is 11.5. The molecule has 0 heterocycles. The van der Waals surface area contributed by atoms with Gasteiger partial charge in [0.25, 0.3) is 0 Å². The van der Waals surface area contributed by atoms with E-state index in [0.717, 1.165) is 31.1 Å². The third-order valence-corrected chi connectivity index (χ3v) is 7.18. The van der Waals surface area contributed by atoms with Gasteiger partial charge in [0.2, 0.25) is 0 Å². The van der Waals surface area contributed by atoms with Crippen LogP contribution in [0.15, 0.2) is 12.1 Å². The number of halogens is 2. The van der Waals surface area contributed by atoms with Crippen LogP contribution in [0, 0.1) is 41.2 Å². The lowest BCUT2D eigenvalue weighted by molar-refractivity contribution is 0.247. The number of hydrogen-bond donors (Lipinski definition) is 0. The van der Waals surface area contributed by atoms with E-state index in [2.05, 4.69) is 11.8 Å². The molecule has 2 saturated carbocycles. The van der Waals surface area contributed by atoms with E-state index >= 15 is 0 Å². The normalized spacial score (nSPS) is 27.9. The van der Waals surface area contributed by atoms with Crippen molar-refractivity contribution in [2.75, 3.05) is 0 Å². The van der Waals surface area contributed by atoms with Crippen LogP contribution >= 0.6 is 0 Å². The monoisotopic (exact) mass is 386 g/mol. The molecular formula is C26H36F2. The van der Waals surface area contributed by atoms with Crippen LogP contribution in [0.2, 0.25) is 0 Å². The Balaban J connectivity index is 1.45. The van der Waals surface area contributed by atoms with Crippen molar-refractivity contribution in [3.63, 3.8) is 0 Å². The Morgan fingerprint density at radius 2 is 1.46 bits per heavy atom. The molecule has 154 valence electrons. The molecule has 0 amide bonds. The summed E-state index contributed by atoms with van der Waals surface area (Å²) in [5.74, 6) is 7.71. The van der Waals surface area contributed by atoms with E-state index in [-0.39, 0.29) is 5.92 Å². The molecular weight excluding hydrogens is 350 g/mol. The van der Waals surface area contributed by atoms with E-state index in [4.69, 9.17) is 0 Å². The quantitative estimate of drug-likeness (QED) is 0.437. The lowest BCUT2D eigenvalue weighted by atomic mass is 9.74. The fraction of sp³-hybridized carbons (Fsp3) is 0.692. The van der Waals surface area contributed by atoms with Gasteiger partial charge in [0, 0.05) is 5.92 Å². The maximum Gasteiger partial charge on any atom is 0.162 e. The Bertz CT molecular complexity index is 680. The highest BCUT2D eigenvalue weighted by molar-refractivity contribution is 5.29. The minimum atomic E-state index is -0.607. The zero-order valence-corrected chi connectivity index (χ0v) is 17.7. The molecule has 2 aliphatic rings. The van der Waals surface area contributed by atoms with Crippen LogP contribution in [0.3, 0.4) is 0 Å². The van der Waals surface area contributed by atoms with Crippen molar-refractivity contribution in [1.29, 1.82) is 0 Å². The summed E-state index contributed by atoms with van der Waals surface area (Å²) in [6.45, 7) is 3.94. The summed E-state index contributed by atoms with van der Waals surface area (Å²) < 4.78 is 28.9. The smallest absolute Gasteiger partial charge is 0.162 e. The molecule has 0 spiro atoms. The van der Waals surface area contributed by atoms with Gasteiger partial charge in [-0.3, -0.25) is 0 Å². The third kappa shape index (κ3) is 5.37. The van der Waals surface area contributed by atoms with Gasteiger partial charge in [-0.25, -0.2) is 8.78 Å². The summed E-state index contributed by atoms with van der Waals surface area (Å²) in [4.78, 5) is 0. The first-order valence-corrected chi connectivity index (χ1v) is 11.5. The second kappa shape index (κ2) is 10.4. The first-order chi connectivity index (χ1) is 13.6. The maximum atomic E-state index is 14.6. The van der Waals surface area contributed by atoms with E-state index in [1.807, 2.05) is 26.0 Å². The van der Waals surface area contributed by atoms with Crippen molar-refractivity contribution in [3.05, 3.63) is 34.9 Å². The van der Waals surface area contributed by atoms with E-state index in [0.29, 0.717) is 23.5 Å². The molecule has 1 aromatic carbocycles. The van der Waals surface area contributed by atoms with Crippen LogP contribution in [-0.2, 0) is 6.42 Å². The van der Waals surface area contributed by atoms with Gasteiger partial charge in [0.05, 0.1) is 0 Å². The highest BCUT2D eigenvalue weighted by Gasteiger charge is 2.27. The Morgan fingerprint density at radius 3 is 2.04 bits per heavy atom. The first kappa shape index (κ1) is 21.4. The van der Waals surface area contributed by atoms with Gasteiger partial charge in [0.15, 0.2) is 11.6 Å². The molecule has 28 heavy (non-hydrogen) atoms. The molecule has 2 aliphatic carbocycles. The minimum Gasteiger partial charge on any atom is -0.203 e. The van der Waals surface area contributed by atoms with Crippen molar-refractivity contribution in [1.82, 2.24) is 0 Å². The summed E-state index contributed by atoms with van der Waals surface area (Å²) in [5, 5.41) is 0.